The average molecular weight is 262 g/mol. The smallest absolute Gasteiger partial charge is 0.0823 e. The van der Waals surface area contributed by atoms with Crippen molar-refractivity contribution < 1.29 is 0 Å². The molecule has 2 nitrogen and oxygen atoms in total. The van der Waals surface area contributed by atoms with Gasteiger partial charge in [0.15, 0.2) is 0 Å². The minimum Gasteiger partial charge on any atom is -0.229 e. The lowest BCUT2D eigenvalue weighted by atomic mass is 10.2. The zero-order valence-corrected chi connectivity index (χ0v) is 12.9. The van der Waals surface area contributed by atoms with Gasteiger partial charge in [-0.15, -0.1) is 0 Å². The molecular formula is C12H26N2S2. The lowest BCUT2D eigenvalue weighted by molar-refractivity contribution is 0.275. The van der Waals surface area contributed by atoms with Crippen molar-refractivity contribution in [3.63, 3.8) is 0 Å². The number of hydrogen-bond donors (Lipinski definition) is 0. The highest BCUT2D eigenvalue weighted by Crippen LogP contribution is 2.37. The highest BCUT2D eigenvalue weighted by atomic mass is 32.2. The quantitative estimate of drug-likeness (QED) is 0.530. The van der Waals surface area contributed by atoms with E-state index in [2.05, 4.69) is 41.9 Å². The number of hydrogen-bond acceptors (Lipinski definition) is 4. The fourth-order valence-corrected chi connectivity index (χ4v) is 4.47. The Morgan fingerprint density at radius 2 is 1.44 bits per heavy atom. The molecule has 0 aromatic rings. The van der Waals surface area contributed by atoms with Gasteiger partial charge >= 0.3 is 0 Å². The van der Waals surface area contributed by atoms with Crippen molar-refractivity contribution in [2.24, 2.45) is 0 Å². The van der Waals surface area contributed by atoms with Crippen LogP contribution in [0.5, 0.6) is 0 Å². The molecule has 0 saturated carbocycles. The lowest BCUT2D eigenvalue weighted by Crippen LogP contribution is -2.33. The average Bonchev–Trinajstić information content (AvgIpc) is 2.51. The molecule has 1 rings (SSSR count). The van der Waals surface area contributed by atoms with Crippen LogP contribution in [-0.4, -0.2) is 39.4 Å². The summed E-state index contributed by atoms with van der Waals surface area (Å²) < 4.78 is 5.16. The molecule has 16 heavy (non-hydrogen) atoms. The molecule has 96 valence electrons. The molecule has 1 saturated heterocycles. The predicted octanol–water partition coefficient (Wildman–Crippen LogP) is 3.84. The van der Waals surface area contributed by atoms with Crippen molar-refractivity contribution >= 4 is 23.9 Å². The van der Waals surface area contributed by atoms with Gasteiger partial charge < -0.3 is 0 Å². The summed E-state index contributed by atoms with van der Waals surface area (Å²) in [6.45, 7) is 6.98. The first-order valence-electron chi connectivity index (χ1n) is 6.32. The van der Waals surface area contributed by atoms with E-state index < -0.39 is 0 Å². The molecule has 0 aliphatic carbocycles. The summed E-state index contributed by atoms with van der Waals surface area (Å²) in [5.74, 6) is 0. The molecule has 2 atom stereocenters. The van der Waals surface area contributed by atoms with Crippen LogP contribution in [0.4, 0.5) is 0 Å². The summed E-state index contributed by atoms with van der Waals surface area (Å²) in [6, 6.07) is 1.32. The second-order valence-electron chi connectivity index (χ2n) is 4.54. The molecule has 1 aliphatic rings. The fourth-order valence-electron chi connectivity index (χ4n) is 2.49. The Hall–Kier alpha value is 0.620. The highest BCUT2D eigenvalue weighted by molar-refractivity contribution is 7.97. The van der Waals surface area contributed by atoms with Crippen LogP contribution in [0.3, 0.4) is 0 Å². The molecule has 0 amide bonds. The maximum Gasteiger partial charge on any atom is 0.0823 e. The van der Waals surface area contributed by atoms with E-state index in [9.17, 15) is 0 Å². The SMILES string of the molecule is CCCCCC1N(SC)C(C)C(C)N1SC. The van der Waals surface area contributed by atoms with E-state index in [-0.39, 0.29) is 0 Å². The van der Waals surface area contributed by atoms with E-state index in [4.69, 9.17) is 0 Å². The van der Waals surface area contributed by atoms with Crippen molar-refractivity contribution in [3.8, 4) is 0 Å². The van der Waals surface area contributed by atoms with E-state index in [0.29, 0.717) is 18.2 Å². The fraction of sp³-hybridized carbons (Fsp3) is 1.00. The second kappa shape index (κ2) is 7.14. The maximum atomic E-state index is 2.58. The third kappa shape index (κ3) is 3.09. The van der Waals surface area contributed by atoms with Gasteiger partial charge in [-0.3, -0.25) is 0 Å². The van der Waals surface area contributed by atoms with Gasteiger partial charge in [0.25, 0.3) is 0 Å². The van der Waals surface area contributed by atoms with E-state index in [0.717, 1.165) is 0 Å². The van der Waals surface area contributed by atoms with Gasteiger partial charge in [-0.1, -0.05) is 50.1 Å². The zero-order valence-electron chi connectivity index (χ0n) is 11.3. The molecule has 0 spiro atoms. The Morgan fingerprint density at radius 3 is 1.81 bits per heavy atom. The molecular weight excluding hydrogens is 236 g/mol. The zero-order chi connectivity index (χ0) is 12.1. The first-order valence-corrected chi connectivity index (χ1v) is 8.68. The van der Waals surface area contributed by atoms with Gasteiger partial charge in [-0.2, -0.15) is 0 Å². The molecule has 0 aromatic heterocycles. The summed E-state index contributed by atoms with van der Waals surface area (Å²) in [5, 5.41) is 0. The van der Waals surface area contributed by atoms with Crippen LogP contribution in [0.2, 0.25) is 0 Å². The van der Waals surface area contributed by atoms with Crippen LogP contribution in [0.15, 0.2) is 0 Å². The normalized spacial score (nSPS) is 32.4. The minimum absolute atomic E-state index is 0.626. The van der Waals surface area contributed by atoms with Gasteiger partial charge in [-0.25, -0.2) is 8.61 Å². The van der Waals surface area contributed by atoms with Crippen molar-refractivity contribution in [2.45, 2.75) is 64.7 Å². The molecule has 4 heteroatoms. The second-order valence-corrected chi connectivity index (χ2v) is 6.12. The Bertz CT molecular complexity index is 185. The molecule has 0 N–H and O–H groups in total. The molecule has 0 radical (unpaired) electrons. The number of nitrogens with zero attached hydrogens (tertiary/aromatic N) is 2. The standard InChI is InChI=1S/C12H26N2S2/c1-6-7-8-9-12-13(15-4)10(2)11(3)14(12)16-5/h10-12H,6-9H2,1-5H3. The van der Waals surface area contributed by atoms with E-state index >= 15 is 0 Å². The van der Waals surface area contributed by atoms with Gasteiger partial charge in [-0.05, 0) is 32.8 Å². The molecule has 1 heterocycles. The van der Waals surface area contributed by atoms with Gasteiger partial charge in [0, 0.05) is 12.1 Å². The van der Waals surface area contributed by atoms with Crippen LogP contribution in [0, 0.1) is 0 Å². The Balaban J connectivity index is 2.60. The predicted molar refractivity (Wildman–Crippen MR) is 77.6 cm³/mol. The van der Waals surface area contributed by atoms with Crippen LogP contribution in [0.1, 0.15) is 46.5 Å². The van der Waals surface area contributed by atoms with E-state index in [1.807, 2.05) is 23.9 Å². The minimum atomic E-state index is 0.626. The van der Waals surface area contributed by atoms with E-state index in [1.54, 1.807) is 0 Å². The van der Waals surface area contributed by atoms with Crippen molar-refractivity contribution in [1.29, 1.82) is 0 Å². The van der Waals surface area contributed by atoms with Crippen molar-refractivity contribution in [1.82, 2.24) is 8.61 Å². The first kappa shape index (κ1) is 14.7. The Labute approximate surface area is 110 Å². The third-order valence-corrected chi connectivity index (χ3v) is 5.57. The van der Waals surface area contributed by atoms with Crippen LogP contribution in [0.25, 0.3) is 0 Å². The van der Waals surface area contributed by atoms with Crippen molar-refractivity contribution in [3.05, 3.63) is 0 Å². The van der Waals surface area contributed by atoms with Gasteiger partial charge in [0.05, 0.1) is 6.17 Å². The van der Waals surface area contributed by atoms with Crippen LogP contribution in [-0.2, 0) is 0 Å². The number of rotatable bonds is 6. The molecule has 0 aromatic carbocycles. The summed E-state index contributed by atoms with van der Waals surface area (Å²) in [6.07, 6.45) is 10.4. The third-order valence-electron chi connectivity index (χ3n) is 3.58. The molecule has 1 aliphatic heterocycles. The summed E-state index contributed by atoms with van der Waals surface area (Å²) in [7, 11) is 0. The van der Waals surface area contributed by atoms with Gasteiger partial charge in [0.1, 0.15) is 0 Å². The summed E-state index contributed by atoms with van der Waals surface area (Å²) in [5.41, 5.74) is 0. The lowest BCUT2D eigenvalue weighted by Gasteiger charge is -2.28. The van der Waals surface area contributed by atoms with Crippen LogP contribution < -0.4 is 0 Å². The van der Waals surface area contributed by atoms with Crippen molar-refractivity contribution in [2.75, 3.05) is 12.5 Å². The van der Waals surface area contributed by atoms with E-state index in [1.165, 1.54) is 25.7 Å². The largest absolute Gasteiger partial charge is 0.229 e. The summed E-state index contributed by atoms with van der Waals surface area (Å²) >= 11 is 3.82. The molecule has 2 unspecified atom stereocenters. The number of unbranched alkanes of at least 4 members (excludes halogenated alkanes) is 2. The van der Waals surface area contributed by atoms with Crippen LogP contribution >= 0.6 is 23.9 Å². The first-order chi connectivity index (χ1) is 7.67. The Morgan fingerprint density at radius 1 is 0.938 bits per heavy atom. The maximum absolute atomic E-state index is 2.58. The van der Waals surface area contributed by atoms with Gasteiger partial charge in [0.2, 0.25) is 0 Å². The summed E-state index contributed by atoms with van der Waals surface area (Å²) in [4.78, 5) is 0. The topological polar surface area (TPSA) is 6.48 Å². The Kier molecular flexibility index (Phi) is 6.55. The molecule has 0 bridgehead atoms. The monoisotopic (exact) mass is 262 g/mol. The molecule has 1 fully saturated rings. The highest BCUT2D eigenvalue weighted by Gasteiger charge is 2.41.